The van der Waals surface area contributed by atoms with Gasteiger partial charge in [0.15, 0.2) is 0 Å². The van der Waals surface area contributed by atoms with Crippen LogP contribution in [0.3, 0.4) is 0 Å². The van der Waals surface area contributed by atoms with Crippen molar-refractivity contribution in [1.29, 1.82) is 0 Å². The minimum atomic E-state index is -3.60. The van der Waals surface area contributed by atoms with Gasteiger partial charge >= 0.3 is 0 Å². The predicted molar refractivity (Wildman–Crippen MR) is 99.1 cm³/mol. The fourth-order valence-corrected chi connectivity index (χ4v) is 3.98. The zero-order chi connectivity index (χ0) is 18.6. The topological polar surface area (TPSA) is 75.7 Å². The molecule has 1 fully saturated rings. The average molecular weight is 374 g/mol. The SMILES string of the molecule is CN(Cc1ccccc1)S(=O)(=O)c1ccc(NC(=O)[C@@H]2CCCO2)cc1. The first-order valence-corrected chi connectivity index (χ1v) is 9.93. The predicted octanol–water partition coefficient (Wildman–Crippen LogP) is 2.62. The van der Waals surface area contributed by atoms with E-state index in [1.54, 1.807) is 19.2 Å². The highest BCUT2D eigenvalue weighted by molar-refractivity contribution is 7.89. The van der Waals surface area contributed by atoms with Crippen molar-refractivity contribution in [2.24, 2.45) is 0 Å². The Morgan fingerprint density at radius 3 is 2.46 bits per heavy atom. The van der Waals surface area contributed by atoms with Crippen LogP contribution in [0.5, 0.6) is 0 Å². The van der Waals surface area contributed by atoms with Crippen LogP contribution in [0.25, 0.3) is 0 Å². The smallest absolute Gasteiger partial charge is 0.253 e. The van der Waals surface area contributed by atoms with Crippen molar-refractivity contribution in [2.75, 3.05) is 19.0 Å². The van der Waals surface area contributed by atoms with Crippen molar-refractivity contribution in [3.05, 3.63) is 60.2 Å². The monoisotopic (exact) mass is 374 g/mol. The van der Waals surface area contributed by atoms with Gasteiger partial charge in [-0.2, -0.15) is 4.31 Å². The number of rotatable bonds is 6. The molecule has 7 heteroatoms. The molecule has 1 saturated heterocycles. The lowest BCUT2D eigenvalue weighted by molar-refractivity contribution is -0.124. The van der Waals surface area contributed by atoms with Crippen LogP contribution in [0.1, 0.15) is 18.4 Å². The fourth-order valence-electron chi connectivity index (χ4n) is 2.82. The molecule has 1 heterocycles. The second kappa shape index (κ2) is 7.99. The van der Waals surface area contributed by atoms with Gasteiger partial charge in [0.1, 0.15) is 6.10 Å². The van der Waals surface area contributed by atoms with Gasteiger partial charge in [-0.15, -0.1) is 0 Å². The van der Waals surface area contributed by atoms with Crippen LogP contribution in [-0.2, 0) is 26.1 Å². The van der Waals surface area contributed by atoms with Crippen molar-refractivity contribution >= 4 is 21.6 Å². The molecule has 138 valence electrons. The lowest BCUT2D eigenvalue weighted by atomic mass is 10.2. The van der Waals surface area contributed by atoms with Gasteiger partial charge in [-0.3, -0.25) is 4.79 Å². The van der Waals surface area contributed by atoms with Crippen LogP contribution in [0.15, 0.2) is 59.5 Å². The number of anilines is 1. The summed E-state index contributed by atoms with van der Waals surface area (Å²) in [5.41, 5.74) is 1.47. The molecule has 1 N–H and O–H groups in total. The summed E-state index contributed by atoms with van der Waals surface area (Å²) in [6.45, 7) is 0.893. The van der Waals surface area contributed by atoms with E-state index in [1.165, 1.54) is 16.4 Å². The van der Waals surface area contributed by atoms with Crippen LogP contribution >= 0.6 is 0 Å². The first-order chi connectivity index (χ1) is 12.5. The number of carbonyl (C=O) groups is 1. The van der Waals surface area contributed by atoms with E-state index in [2.05, 4.69) is 5.32 Å². The second-order valence-electron chi connectivity index (χ2n) is 6.26. The Kier molecular flexibility index (Phi) is 5.70. The summed E-state index contributed by atoms with van der Waals surface area (Å²) in [7, 11) is -2.05. The molecule has 1 amide bonds. The molecule has 2 aromatic rings. The Labute approximate surface area is 153 Å². The zero-order valence-electron chi connectivity index (χ0n) is 14.6. The number of nitrogens with zero attached hydrogens (tertiary/aromatic N) is 1. The van der Waals surface area contributed by atoms with Crippen LogP contribution in [0, 0.1) is 0 Å². The number of carbonyl (C=O) groups excluding carboxylic acids is 1. The van der Waals surface area contributed by atoms with Gasteiger partial charge < -0.3 is 10.1 Å². The maximum Gasteiger partial charge on any atom is 0.253 e. The zero-order valence-corrected chi connectivity index (χ0v) is 15.4. The Morgan fingerprint density at radius 1 is 1.15 bits per heavy atom. The molecule has 0 saturated carbocycles. The quantitative estimate of drug-likeness (QED) is 0.843. The molecule has 0 aromatic heterocycles. The molecule has 0 aliphatic carbocycles. The molecule has 1 atom stereocenters. The third-order valence-corrected chi connectivity index (χ3v) is 6.12. The third-order valence-electron chi connectivity index (χ3n) is 4.30. The number of sulfonamides is 1. The molecule has 26 heavy (non-hydrogen) atoms. The van der Waals surface area contributed by atoms with Crippen molar-refractivity contribution in [1.82, 2.24) is 4.31 Å². The molecular formula is C19H22N2O4S. The minimum absolute atomic E-state index is 0.186. The van der Waals surface area contributed by atoms with E-state index in [-0.39, 0.29) is 10.8 Å². The highest BCUT2D eigenvalue weighted by Crippen LogP contribution is 2.20. The first kappa shape index (κ1) is 18.6. The number of hydrogen-bond donors (Lipinski definition) is 1. The Morgan fingerprint density at radius 2 is 1.85 bits per heavy atom. The van der Waals surface area contributed by atoms with E-state index < -0.39 is 16.1 Å². The molecule has 2 aromatic carbocycles. The van der Waals surface area contributed by atoms with Gasteiger partial charge in [0, 0.05) is 25.9 Å². The average Bonchev–Trinajstić information content (AvgIpc) is 3.18. The Bertz CT molecular complexity index is 845. The highest BCUT2D eigenvalue weighted by atomic mass is 32.2. The third kappa shape index (κ3) is 4.30. The van der Waals surface area contributed by atoms with E-state index in [4.69, 9.17) is 4.74 Å². The number of benzene rings is 2. The summed E-state index contributed by atoms with van der Waals surface area (Å²) in [4.78, 5) is 12.2. The van der Waals surface area contributed by atoms with Crippen molar-refractivity contribution in [3.63, 3.8) is 0 Å². The molecule has 0 spiro atoms. The highest BCUT2D eigenvalue weighted by Gasteiger charge is 2.24. The van der Waals surface area contributed by atoms with Crippen molar-refractivity contribution < 1.29 is 17.9 Å². The number of amides is 1. The fraction of sp³-hybridized carbons (Fsp3) is 0.316. The molecule has 3 rings (SSSR count). The number of ether oxygens (including phenoxy) is 1. The Balaban J connectivity index is 1.67. The van der Waals surface area contributed by atoms with E-state index in [0.717, 1.165) is 12.0 Å². The van der Waals surface area contributed by atoms with Gasteiger partial charge in [-0.1, -0.05) is 30.3 Å². The van der Waals surface area contributed by atoms with Gasteiger partial charge in [-0.25, -0.2) is 8.42 Å². The van der Waals surface area contributed by atoms with Crippen LogP contribution in [0.4, 0.5) is 5.69 Å². The summed E-state index contributed by atoms with van der Waals surface area (Å²) >= 11 is 0. The number of hydrogen-bond acceptors (Lipinski definition) is 4. The van der Waals surface area contributed by atoms with Crippen LogP contribution in [0.2, 0.25) is 0 Å². The lowest BCUT2D eigenvalue weighted by Gasteiger charge is -2.18. The summed E-state index contributed by atoms with van der Waals surface area (Å²) in [5.74, 6) is -0.195. The van der Waals surface area contributed by atoms with Crippen molar-refractivity contribution in [3.8, 4) is 0 Å². The van der Waals surface area contributed by atoms with E-state index >= 15 is 0 Å². The van der Waals surface area contributed by atoms with Gasteiger partial charge in [0.25, 0.3) is 5.91 Å². The van der Waals surface area contributed by atoms with Crippen molar-refractivity contribution in [2.45, 2.75) is 30.4 Å². The molecule has 6 nitrogen and oxygen atoms in total. The minimum Gasteiger partial charge on any atom is -0.368 e. The van der Waals surface area contributed by atoms with E-state index in [0.29, 0.717) is 25.3 Å². The molecule has 0 radical (unpaired) electrons. The summed E-state index contributed by atoms with van der Waals surface area (Å²) in [5, 5.41) is 2.76. The van der Waals surface area contributed by atoms with Crippen LogP contribution in [-0.4, -0.2) is 38.4 Å². The number of nitrogens with one attached hydrogen (secondary N) is 1. The molecular weight excluding hydrogens is 352 g/mol. The van der Waals surface area contributed by atoms with Gasteiger partial charge in [-0.05, 0) is 42.7 Å². The molecule has 0 bridgehead atoms. The maximum absolute atomic E-state index is 12.7. The summed E-state index contributed by atoms with van der Waals surface area (Å²) in [6.07, 6.45) is 1.17. The van der Waals surface area contributed by atoms with Gasteiger partial charge in [0.2, 0.25) is 10.0 Å². The summed E-state index contributed by atoms with van der Waals surface area (Å²) in [6, 6.07) is 15.6. The molecule has 0 unspecified atom stereocenters. The van der Waals surface area contributed by atoms with Gasteiger partial charge in [0.05, 0.1) is 4.90 Å². The second-order valence-corrected chi connectivity index (χ2v) is 8.31. The largest absolute Gasteiger partial charge is 0.368 e. The Hall–Kier alpha value is -2.22. The standard InChI is InChI=1S/C19H22N2O4S/c1-21(14-15-6-3-2-4-7-15)26(23,24)17-11-9-16(10-12-17)20-19(22)18-8-5-13-25-18/h2-4,6-7,9-12,18H,5,8,13-14H2,1H3,(H,20,22)/t18-/m0/s1. The molecule has 1 aliphatic rings. The first-order valence-electron chi connectivity index (χ1n) is 8.49. The van der Waals surface area contributed by atoms with E-state index in [9.17, 15) is 13.2 Å². The normalized spacial score (nSPS) is 17.4. The summed E-state index contributed by atoms with van der Waals surface area (Å²) < 4.78 is 32.0. The lowest BCUT2D eigenvalue weighted by Crippen LogP contribution is -2.27. The van der Waals surface area contributed by atoms with Crippen LogP contribution < -0.4 is 5.32 Å². The molecule has 1 aliphatic heterocycles. The maximum atomic E-state index is 12.7. The van der Waals surface area contributed by atoms with E-state index in [1.807, 2.05) is 30.3 Å².